The molecule has 2 saturated carbocycles. The van der Waals surface area contributed by atoms with Crippen LogP contribution in [0.3, 0.4) is 0 Å². The Balaban J connectivity index is 1.59. The highest BCUT2D eigenvalue weighted by Gasteiger charge is 2.25. The SMILES string of the molecule is [CH2-][N+](C)(C)CCNP(=O)(OCCCCCCCCCC(CCCCCCCC)SC1CCCCC1)OCCCCCCCCC(CCCCCCCCC)SC1CCCCC1. The van der Waals surface area contributed by atoms with Crippen LogP contribution in [0.1, 0.15) is 271 Å². The average molecular weight is 916 g/mol. The van der Waals surface area contributed by atoms with Gasteiger partial charge in [0.05, 0.1) is 26.3 Å². The number of hydrogen-bond acceptors (Lipinski definition) is 5. The zero-order valence-corrected chi connectivity index (χ0v) is 44.1. The summed E-state index contributed by atoms with van der Waals surface area (Å²) in [7, 11) is 4.98. The molecule has 0 aromatic heterocycles. The summed E-state index contributed by atoms with van der Waals surface area (Å²) in [5.74, 6) is 0. The lowest BCUT2D eigenvalue weighted by molar-refractivity contribution is -0.844. The third-order valence-corrected chi connectivity index (χ3v) is 18.6. The number of nitrogens with zero attached hydrogens (tertiary/aromatic N) is 1. The third kappa shape index (κ3) is 35.6. The number of hydrogen-bond donors (Lipinski definition) is 1. The van der Waals surface area contributed by atoms with Crippen molar-refractivity contribution in [3.05, 3.63) is 7.05 Å². The Bertz CT molecular complexity index is 987. The predicted molar refractivity (Wildman–Crippen MR) is 276 cm³/mol. The van der Waals surface area contributed by atoms with Crippen molar-refractivity contribution in [1.29, 1.82) is 0 Å². The smallest absolute Gasteiger partial charge is 0.405 e. The molecule has 0 aromatic carbocycles. The Morgan fingerprint density at radius 3 is 1.15 bits per heavy atom. The van der Waals surface area contributed by atoms with E-state index in [1.54, 1.807) is 0 Å². The summed E-state index contributed by atoms with van der Waals surface area (Å²) in [6.45, 7) is 6.99. The van der Waals surface area contributed by atoms with Gasteiger partial charge in [0.2, 0.25) is 0 Å². The van der Waals surface area contributed by atoms with Crippen LogP contribution in [-0.4, -0.2) is 65.9 Å². The van der Waals surface area contributed by atoms with Gasteiger partial charge in [0.15, 0.2) is 0 Å². The molecule has 0 bridgehead atoms. The highest BCUT2D eigenvalue weighted by molar-refractivity contribution is 8.00. The summed E-state index contributed by atoms with van der Waals surface area (Å²) in [5, 5.41) is 6.82. The van der Waals surface area contributed by atoms with Crippen LogP contribution in [0.4, 0.5) is 0 Å². The van der Waals surface area contributed by atoms with Gasteiger partial charge in [0, 0.05) is 35.1 Å². The summed E-state index contributed by atoms with van der Waals surface area (Å²) < 4.78 is 26.4. The Kier molecular flexibility index (Phi) is 37.9. The largest absolute Gasteiger partial charge is 0.461 e. The summed E-state index contributed by atoms with van der Waals surface area (Å²) in [6, 6.07) is 0. The fourth-order valence-electron chi connectivity index (χ4n) is 9.52. The van der Waals surface area contributed by atoms with Crippen molar-refractivity contribution in [3.63, 3.8) is 0 Å². The van der Waals surface area contributed by atoms with Crippen LogP contribution < -0.4 is 5.09 Å². The van der Waals surface area contributed by atoms with Gasteiger partial charge in [-0.1, -0.05) is 206 Å². The van der Waals surface area contributed by atoms with Gasteiger partial charge in [-0.25, -0.2) is 9.65 Å². The highest BCUT2D eigenvalue weighted by atomic mass is 32.2. The standard InChI is InChI=1S/C53H107N2O3PS2/c1-6-8-10-12-15-21-29-39-51(61-53-44-34-27-35-45-53)41-31-23-17-19-25-37-49-58-59(56,54-46-47-55(3,4)5)57-48-36-24-18-14-16-22-30-40-50(38-28-20-13-11-9-7-2)60-52-42-32-26-33-43-52/h50-53H,3,6-49H2,1-2,4-5H3,(H,54,56). The van der Waals surface area contributed by atoms with E-state index in [9.17, 15) is 4.57 Å². The number of nitrogens with one attached hydrogen (secondary N) is 1. The zero-order valence-electron chi connectivity index (χ0n) is 41.6. The lowest BCUT2D eigenvalue weighted by Gasteiger charge is -2.33. The van der Waals surface area contributed by atoms with Gasteiger partial charge in [0.1, 0.15) is 0 Å². The normalized spacial score (nSPS) is 17.8. The first-order valence-corrected chi connectivity index (χ1v) is 30.8. The quantitative estimate of drug-likeness (QED) is 0.0284. The van der Waals surface area contributed by atoms with Crippen LogP contribution in [-0.2, 0) is 13.6 Å². The van der Waals surface area contributed by atoms with E-state index in [-0.39, 0.29) is 0 Å². The molecule has 0 aromatic rings. The molecule has 1 N–H and O–H groups in total. The van der Waals surface area contributed by atoms with Gasteiger partial charge in [-0.3, -0.25) is 9.05 Å². The van der Waals surface area contributed by atoms with Crippen LogP contribution in [0, 0.1) is 7.05 Å². The maximum atomic E-state index is 13.8. The lowest BCUT2D eigenvalue weighted by Crippen LogP contribution is -2.38. The minimum Gasteiger partial charge on any atom is -0.461 e. The number of likely N-dealkylation sites (N-methyl/N-ethyl adjacent to an activating group) is 1. The molecule has 0 radical (unpaired) electrons. The fourth-order valence-corrected chi connectivity index (χ4v) is 14.4. The van der Waals surface area contributed by atoms with Crippen molar-refractivity contribution in [2.45, 2.75) is 292 Å². The molecule has 2 aliphatic carbocycles. The molecule has 364 valence electrons. The van der Waals surface area contributed by atoms with E-state index in [1.807, 2.05) is 0 Å². The number of unbranched alkanes of at least 4 members (excludes halogenated alkanes) is 22. The maximum Gasteiger partial charge on any atom is 0.405 e. The van der Waals surface area contributed by atoms with Crippen molar-refractivity contribution in [1.82, 2.24) is 5.09 Å². The molecule has 3 atom stereocenters. The number of quaternary nitrogens is 1. The van der Waals surface area contributed by atoms with Gasteiger partial charge in [-0.15, -0.1) is 7.05 Å². The second-order valence-electron chi connectivity index (χ2n) is 20.4. The van der Waals surface area contributed by atoms with E-state index in [0.717, 1.165) is 53.2 Å². The zero-order chi connectivity index (χ0) is 44.0. The number of rotatable bonds is 44. The first-order chi connectivity index (χ1) is 29.7. The molecule has 2 fully saturated rings. The minimum absolute atomic E-state index is 0.504. The second-order valence-corrected chi connectivity index (χ2v) is 25.4. The van der Waals surface area contributed by atoms with Crippen LogP contribution in [0.5, 0.6) is 0 Å². The molecule has 8 heteroatoms. The molecule has 5 nitrogen and oxygen atoms in total. The molecule has 3 unspecified atom stereocenters. The topological polar surface area (TPSA) is 47.6 Å². The van der Waals surface area contributed by atoms with E-state index in [2.05, 4.69) is 63.6 Å². The molecular weight excluding hydrogens is 808 g/mol. The van der Waals surface area contributed by atoms with Crippen LogP contribution >= 0.6 is 31.3 Å². The van der Waals surface area contributed by atoms with E-state index < -0.39 is 7.75 Å². The Hall–Kier alpha value is 0.770. The van der Waals surface area contributed by atoms with E-state index in [0.29, 0.717) is 24.2 Å². The molecule has 0 spiro atoms. The molecule has 0 aliphatic heterocycles. The molecule has 2 aliphatic rings. The molecular formula is C53H107N2O3PS2. The van der Waals surface area contributed by atoms with Crippen molar-refractivity contribution in [2.24, 2.45) is 0 Å². The van der Waals surface area contributed by atoms with Gasteiger partial charge in [0.25, 0.3) is 0 Å². The first kappa shape index (κ1) is 57.9. The Morgan fingerprint density at radius 2 is 0.820 bits per heavy atom. The van der Waals surface area contributed by atoms with E-state index >= 15 is 0 Å². The highest BCUT2D eigenvalue weighted by Crippen LogP contribution is 2.44. The Labute approximate surface area is 391 Å². The number of thioether (sulfide) groups is 2. The monoisotopic (exact) mass is 915 g/mol. The van der Waals surface area contributed by atoms with Gasteiger partial charge >= 0.3 is 7.75 Å². The fraction of sp³-hybridized carbons (Fsp3) is 0.981. The van der Waals surface area contributed by atoms with Crippen LogP contribution in [0.25, 0.3) is 0 Å². The second kappa shape index (κ2) is 39.9. The molecule has 0 heterocycles. The minimum atomic E-state index is -3.32. The van der Waals surface area contributed by atoms with E-state index in [4.69, 9.17) is 9.05 Å². The lowest BCUT2D eigenvalue weighted by atomic mass is 10.0. The molecule has 61 heavy (non-hydrogen) atoms. The predicted octanol–water partition coefficient (Wildman–Crippen LogP) is 18.2. The Morgan fingerprint density at radius 1 is 0.508 bits per heavy atom. The van der Waals surface area contributed by atoms with Gasteiger partial charge < -0.3 is 4.48 Å². The third-order valence-electron chi connectivity index (χ3n) is 13.5. The van der Waals surface area contributed by atoms with E-state index in [1.165, 1.54) is 231 Å². The van der Waals surface area contributed by atoms with Crippen LogP contribution in [0.15, 0.2) is 0 Å². The van der Waals surface area contributed by atoms with Crippen molar-refractivity contribution in [2.75, 3.05) is 40.4 Å². The molecule has 0 amide bonds. The first-order valence-electron chi connectivity index (χ1n) is 27.4. The summed E-state index contributed by atoms with van der Waals surface area (Å²) in [4.78, 5) is 0. The van der Waals surface area contributed by atoms with Crippen LogP contribution in [0.2, 0.25) is 0 Å². The van der Waals surface area contributed by atoms with Crippen molar-refractivity contribution >= 4 is 31.3 Å². The average Bonchev–Trinajstić information content (AvgIpc) is 3.24. The molecule has 0 saturated heterocycles. The summed E-state index contributed by atoms with van der Waals surface area (Å²) in [6.07, 6.45) is 54.9. The van der Waals surface area contributed by atoms with Crippen molar-refractivity contribution < 1.29 is 18.1 Å². The van der Waals surface area contributed by atoms with Gasteiger partial charge in [-0.05, 0) is 64.2 Å². The van der Waals surface area contributed by atoms with Crippen molar-refractivity contribution in [3.8, 4) is 0 Å². The summed E-state index contributed by atoms with van der Waals surface area (Å²) >= 11 is 4.76. The van der Waals surface area contributed by atoms with Gasteiger partial charge in [-0.2, -0.15) is 23.5 Å². The summed E-state index contributed by atoms with van der Waals surface area (Å²) in [5.41, 5.74) is 0. The molecule has 2 rings (SSSR count). The maximum absolute atomic E-state index is 13.8.